The van der Waals surface area contributed by atoms with Crippen molar-refractivity contribution in [3.05, 3.63) is 68.4 Å². The molecule has 29 heavy (non-hydrogen) atoms. The number of nitriles is 1. The number of hydrogen-bond donors (Lipinski definition) is 2. The van der Waals surface area contributed by atoms with Gasteiger partial charge in [-0.1, -0.05) is 11.6 Å². The van der Waals surface area contributed by atoms with Crippen molar-refractivity contribution >= 4 is 23.7 Å². The van der Waals surface area contributed by atoms with Crippen LogP contribution in [0.4, 0.5) is 13.2 Å². The van der Waals surface area contributed by atoms with Crippen molar-refractivity contribution in [2.45, 2.75) is 12.2 Å². The number of halogens is 4. The molecule has 148 valence electrons. The van der Waals surface area contributed by atoms with Crippen molar-refractivity contribution in [1.29, 1.82) is 5.26 Å². The van der Waals surface area contributed by atoms with E-state index in [1.165, 1.54) is 12.1 Å². The molecule has 1 atom stereocenters. The number of alkyl halides is 3. The smallest absolute Gasteiger partial charge is 0.436 e. The highest BCUT2D eigenvalue weighted by atomic mass is 35.5. The van der Waals surface area contributed by atoms with Gasteiger partial charge in [-0.05, 0) is 24.3 Å². The van der Waals surface area contributed by atoms with Gasteiger partial charge in [-0.3, -0.25) is 9.59 Å². The zero-order chi connectivity index (χ0) is 21.2. The number of hydrogen-bond acceptors (Lipinski definition) is 7. The number of aromatic nitrogens is 2. The minimum absolute atomic E-state index is 0.0300. The van der Waals surface area contributed by atoms with Crippen LogP contribution in [0.2, 0.25) is 5.02 Å². The zero-order valence-electron chi connectivity index (χ0n) is 14.1. The predicted octanol–water partition coefficient (Wildman–Crippen LogP) is 2.33. The van der Waals surface area contributed by atoms with Crippen molar-refractivity contribution in [3.8, 4) is 11.8 Å². The lowest BCUT2D eigenvalue weighted by Crippen LogP contribution is -2.45. The zero-order valence-corrected chi connectivity index (χ0v) is 14.9. The highest BCUT2D eigenvalue weighted by Gasteiger charge is 2.43. The standard InChI is InChI=1S/C17H9ClF3N5O3/c18-9-3-8(6-22)4-10(5-9)29-14-12(23-7-24-15(14)17(19,20)21)13(27)11-1-2-25-26-16(11)28/h1-5,7,12H,(H,23,24)(H,26,28). The Labute approximate surface area is 165 Å². The Morgan fingerprint density at radius 3 is 2.72 bits per heavy atom. The van der Waals surface area contributed by atoms with Crippen LogP contribution in [0.3, 0.4) is 0 Å². The molecular formula is C17H9ClF3N5O3. The number of nitrogens with zero attached hydrogens (tertiary/aromatic N) is 3. The Morgan fingerprint density at radius 1 is 1.31 bits per heavy atom. The average molecular weight is 424 g/mol. The number of nitrogens with one attached hydrogen (secondary N) is 2. The van der Waals surface area contributed by atoms with Gasteiger partial charge in [-0.25, -0.2) is 10.1 Å². The van der Waals surface area contributed by atoms with Crippen LogP contribution in [0.25, 0.3) is 0 Å². The Bertz CT molecular complexity index is 1130. The second-order valence-corrected chi connectivity index (χ2v) is 6.06. The third-order valence-corrected chi connectivity index (χ3v) is 3.90. The van der Waals surface area contributed by atoms with Gasteiger partial charge >= 0.3 is 6.18 Å². The molecule has 1 aliphatic heterocycles. The first-order valence-electron chi connectivity index (χ1n) is 7.77. The van der Waals surface area contributed by atoms with Crippen LogP contribution < -0.4 is 15.6 Å². The van der Waals surface area contributed by atoms with Gasteiger partial charge in [-0.15, -0.1) is 0 Å². The van der Waals surface area contributed by atoms with Crippen LogP contribution in [-0.2, 0) is 0 Å². The number of rotatable bonds is 4. The molecular weight excluding hydrogens is 415 g/mol. The molecule has 1 unspecified atom stereocenters. The Morgan fingerprint density at radius 2 is 2.07 bits per heavy atom. The fraction of sp³-hybridized carbons (Fsp3) is 0.118. The number of ketones is 1. The number of aliphatic imine (C=N–C) groups is 1. The van der Waals surface area contributed by atoms with Crippen LogP contribution in [-0.4, -0.2) is 34.5 Å². The molecule has 2 heterocycles. The summed E-state index contributed by atoms with van der Waals surface area (Å²) in [5, 5.41) is 16.9. The number of carbonyl (C=O) groups excluding carboxylic acids is 1. The van der Waals surface area contributed by atoms with E-state index in [9.17, 15) is 22.8 Å². The molecule has 0 spiro atoms. The van der Waals surface area contributed by atoms with E-state index in [1.54, 1.807) is 6.07 Å². The molecule has 1 aromatic carbocycles. The van der Waals surface area contributed by atoms with Crippen LogP contribution in [0.1, 0.15) is 15.9 Å². The third kappa shape index (κ3) is 4.27. The second kappa shape index (κ2) is 7.76. The number of H-pyrrole nitrogens is 1. The summed E-state index contributed by atoms with van der Waals surface area (Å²) in [6, 6.07) is 4.73. The predicted molar refractivity (Wildman–Crippen MR) is 94.5 cm³/mol. The van der Waals surface area contributed by atoms with Gasteiger partial charge < -0.3 is 10.1 Å². The maximum Gasteiger partial charge on any atom is 0.436 e. The van der Waals surface area contributed by atoms with E-state index in [1.807, 2.05) is 5.10 Å². The van der Waals surface area contributed by atoms with Crippen LogP contribution in [0.5, 0.6) is 5.75 Å². The molecule has 0 fully saturated rings. The molecule has 2 N–H and O–H groups in total. The van der Waals surface area contributed by atoms with Gasteiger partial charge in [0.15, 0.2) is 23.3 Å². The summed E-state index contributed by atoms with van der Waals surface area (Å²) < 4.78 is 45.8. The lowest BCUT2D eigenvalue weighted by molar-refractivity contribution is -0.0954. The average Bonchev–Trinajstić information content (AvgIpc) is 2.66. The van der Waals surface area contributed by atoms with Gasteiger partial charge in [0.2, 0.25) is 0 Å². The summed E-state index contributed by atoms with van der Waals surface area (Å²) in [7, 11) is 0. The van der Waals surface area contributed by atoms with E-state index in [0.29, 0.717) is 6.34 Å². The molecule has 0 bridgehead atoms. The van der Waals surface area contributed by atoms with Crippen molar-refractivity contribution in [1.82, 2.24) is 15.5 Å². The van der Waals surface area contributed by atoms with E-state index < -0.39 is 40.6 Å². The van der Waals surface area contributed by atoms with E-state index in [0.717, 1.165) is 18.3 Å². The van der Waals surface area contributed by atoms with E-state index >= 15 is 0 Å². The normalized spacial score (nSPS) is 16.2. The number of aromatic amines is 1. The van der Waals surface area contributed by atoms with Crippen LogP contribution in [0.15, 0.2) is 51.7 Å². The Hall–Kier alpha value is -3.65. The molecule has 12 heteroatoms. The minimum Gasteiger partial charge on any atom is -0.457 e. The fourth-order valence-corrected chi connectivity index (χ4v) is 2.70. The van der Waals surface area contributed by atoms with Gasteiger partial charge in [0.05, 0.1) is 23.5 Å². The van der Waals surface area contributed by atoms with Crippen molar-refractivity contribution < 1.29 is 22.7 Å². The first kappa shape index (κ1) is 20.1. The maximum atomic E-state index is 13.5. The fourth-order valence-electron chi connectivity index (χ4n) is 2.47. The molecule has 3 rings (SSSR count). The maximum absolute atomic E-state index is 13.5. The highest BCUT2D eigenvalue weighted by molar-refractivity contribution is 6.30. The molecule has 0 saturated carbocycles. The first-order chi connectivity index (χ1) is 13.7. The van der Waals surface area contributed by atoms with Gasteiger partial charge in [0, 0.05) is 11.2 Å². The summed E-state index contributed by atoms with van der Waals surface area (Å²) in [6.07, 6.45) is -3.17. The van der Waals surface area contributed by atoms with E-state index in [-0.39, 0.29) is 16.3 Å². The molecule has 0 aliphatic carbocycles. The van der Waals surface area contributed by atoms with Crippen molar-refractivity contribution in [2.75, 3.05) is 0 Å². The van der Waals surface area contributed by atoms with Crippen LogP contribution in [0, 0.1) is 11.3 Å². The number of allylic oxidation sites excluding steroid dienone is 1. The quantitative estimate of drug-likeness (QED) is 0.728. The van der Waals surface area contributed by atoms with E-state index in [4.69, 9.17) is 21.6 Å². The van der Waals surface area contributed by atoms with Crippen molar-refractivity contribution in [3.63, 3.8) is 0 Å². The Kier molecular flexibility index (Phi) is 5.38. The Balaban J connectivity index is 2.11. The highest BCUT2D eigenvalue weighted by Crippen LogP contribution is 2.34. The summed E-state index contributed by atoms with van der Waals surface area (Å²) >= 11 is 5.85. The molecule has 0 saturated heterocycles. The lowest BCUT2D eigenvalue weighted by Gasteiger charge is -2.25. The number of Topliss-reactive ketones (excluding diaryl/α,β-unsaturated/α-hetero) is 1. The first-order valence-corrected chi connectivity index (χ1v) is 8.15. The number of carbonyl (C=O) groups is 1. The van der Waals surface area contributed by atoms with E-state index in [2.05, 4.69) is 15.4 Å². The third-order valence-electron chi connectivity index (χ3n) is 3.68. The summed E-state index contributed by atoms with van der Waals surface area (Å²) in [5.74, 6) is -2.11. The molecule has 8 nitrogen and oxygen atoms in total. The molecule has 0 radical (unpaired) electrons. The lowest BCUT2D eigenvalue weighted by atomic mass is 10.0. The topological polar surface area (TPSA) is 120 Å². The number of ether oxygens (including phenoxy) is 1. The second-order valence-electron chi connectivity index (χ2n) is 5.62. The monoisotopic (exact) mass is 423 g/mol. The molecule has 2 aromatic rings. The molecule has 0 amide bonds. The minimum atomic E-state index is -4.96. The largest absolute Gasteiger partial charge is 0.457 e. The SMILES string of the molecule is N#Cc1cc(Cl)cc(OC2=C(C(F)(F)F)N=CNC2C(=O)c2ccn[nH]c2=O)c1. The van der Waals surface area contributed by atoms with Crippen LogP contribution >= 0.6 is 11.6 Å². The van der Waals surface area contributed by atoms with Gasteiger partial charge in [-0.2, -0.15) is 23.5 Å². The van der Waals surface area contributed by atoms with Crippen molar-refractivity contribution in [2.24, 2.45) is 4.99 Å². The molecule has 1 aliphatic rings. The van der Waals surface area contributed by atoms with Gasteiger partial charge in [0.1, 0.15) is 5.75 Å². The van der Waals surface area contributed by atoms with Gasteiger partial charge in [0.25, 0.3) is 5.56 Å². The summed E-state index contributed by atoms with van der Waals surface area (Å²) in [6.45, 7) is 0. The summed E-state index contributed by atoms with van der Waals surface area (Å²) in [4.78, 5) is 27.8. The number of benzene rings is 1. The molecule has 1 aromatic heterocycles. The summed E-state index contributed by atoms with van der Waals surface area (Å²) in [5.41, 5.74) is -2.76.